The highest BCUT2D eigenvalue weighted by Gasteiger charge is 2.36. The summed E-state index contributed by atoms with van der Waals surface area (Å²) in [5.41, 5.74) is 2.67. The van der Waals surface area contributed by atoms with Gasteiger partial charge in [0.15, 0.2) is 0 Å². The lowest BCUT2D eigenvalue weighted by molar-refractivity contribution is -0.142. The minimum atomic E-state index is -0.830. The number of carboxylic acids is 1. The van der Waals surface area contributed by atoms with E-state index in [0.717, 1.165) is 31.0 Å². The van der Waals surface area contributed by atoms with Crippen molar-refractivity contribution >= 4 is 11.7 Å². The Labute approximate surface area is 127 Å². The molecule has 21 heavy (non-hydrogen) atoms. The van der Waals surface area contributed by atoms with Gasteiger partial charge >= 0.3 is 5.97 Å². The summed E-state index contributed by atoms with van der Waals surface area (Å²) in [7, 11) is 0. The van der Waals surface area contributed by atoms with Crippen molar-refractivity contribution in [3.05, 3.63) is 29.3 Å². The summed E-state index contributed by atoms with van der Waals surface area (Å²) in [6.07, 6.45) is 6.42. The Kier molecular flexibility index (Phi) is 3.68. The van der Waals surface area contributed by atoms with Crippen LogP contribution in [-0.4, -0.2) is 24.2 Å². The largest absolute Gasteiger partial charge is 0.481 e. The number of benzene rings is 1. The molecule has 0 aromatic heterocycles. The molecule has 1 aliphatic heterocycles. The average Bonchev–Trinajstić information content (AvgIpc) is 3.09. The van der Waals surface area contributed by atoms with Crippen LogP contribution in [0.2, 0.25) is 0 Å². The molecule has 0 spiro atoms. The first-order chi connectivity index (χ1) is 10.00. The molecule has 1 aromatic rings. The zero-order chi connectivity index (χ0) is 15.0. The van der Waals surface area contributed by atoms with Crippen LogP contribution >= 0.6 is 0 Å². The van der Waals surface area contributed by atoms with E-state index in [0.29, 0.717) is 0 Å². The number of anilines is 1. The number of fused-ring (bicyclic) bond motifs is 1. The van der Waals surface area contributed by atoms with Crippen LogP contribution in [-0.2, 0) is 16.6 Å². The quantitative estimate of drug-likeness (QED) is 0.920. The van der Waals surface area contributed by atoms with Crippen molar-refractivity contribution in [3.8, 4) is 0 Å². The molecule has 0 bridgehead atoms. The smallest absolute Gasteiger partial charge is 0.313 e. The van der Waals surface area contributed by atoms with Crippen molar-refractivity contribution < 1.29 is 9.90 Å². The first-order valence-electron chi connectivity index (χ1n) is 8.11. The number of aliphatic carboxylic acids is 1. The molecule has 1 fully saturated rings. The second kappa shape index (κ2) is 5.36. The molecular weight excluding hydrogens is 262 g/mol. The molecule has 3 rings (SSSR count). The molecule has 3 nitrogen and oxygen atoms in total. The van der Waals surface area contributed by atoms with E-state index in [4.69, 9.17) is 0 Å². The van der Waals surface area contributed by atoms with Crippen LogP contribution in [0.15, 0.2) is 18.2 Å². The summed E-state index contributed by atoms with van der Waals surface area (Å²) in [5, 5.41) is 9.58. The van der Waals surface area contributed by atoms with E-state index in [2.05, 4.69) is 11.0 Å². The zero-order valence-corrected chi connectivity index (χ0v) is 13.1. The normalized spacial score (nSPS) is 19.0. The van der Waals surface area contributed by atoms with Crippen LogP contribution < -0.4 is 4.90 Å². The molecule has 1 aromatic carbocycles. The van der Waals surface area contributed by atoms with Gasteiger partial charge in [-0.3, -0.25) is 4.79 Å². The van der Waals surface area contributed by atoms with Gasteiger partial charge in [-0.15, -0.1) is 0 Å². The van der Waals surface area contributed by atoms with Crippen LogP contribution in [0.1, 0.15) is 50.7 Å². The Bertz CT molecular complexity index is 544. The highest BCUT2D eigenvalue weighted by Crippen LogP contribution is 2.40. The molecule has 0 unspecified atom stereocenters. The van der Waals surface area contributed by atoms with Crippen LogP contribution in [0.3, 0.4) is 0 Å². The molecule has 0 amide bonds. The number of para-hydroxylation sites is 1. The van der Waals surface area contributed by atoms with Gasteiger partial charge in [-0.05, 0) is 50.2 Å². The fourth-order valence-corrected chi connectivity index (χ4v) is 3.84. The van der Waals surface area contributed by atoms with Crippen LogP contribution in [0, 0.1) is 5.92 Å². The summed E-state index contributed by atoms with van der Waals surface area (Å²) >= 11 is 0. The number of rotatable bonds is 4. The molecule has 0 radical (unpaired) electrons. The van der Waals surface area contributed by atoms with Crippen molar-refractivity contribution in [1.82, 2.24) is 0 Å². The van der Waals surface area contributed by atoms with Crippen molar-refractivity contribution in [1.29, 1.82) is 0 Å². The minimum Gasteiger partial charge on any atom is -0.481 e. The Morgan fingerprint density at radius 3 is 2.71 bits per heavy atom. The van der Waals surface area contributed by atoms with Gasteiger partial charge in [0.1, 0.15) is 0 Å². The van der Waals surface area contributed by atoms with Crippen LogP contribution in [0.4, 0.5) is 5.69 Å². The molecule has 0 saturated heterocycles. The Morgan fingerprint density at radius 1 is 1.33 bits per heavy atom. The Morgan fingerprint density at radius 2 is 2.05 bits per heavy atom. The van der Waals surface area contributed by atoms with Gasteiger partial charge < -0.3 is 10.0 Å². The van der Waals surface area contributed by atoms with Gasteiger partial charge in [0.2, 0.25) is 0 Å². The summed E-state index contributed by atoms with van der Waals surface area (Å²) in [4.78, 5) is 14.1. The molecule has 1 aliphatic carbocycles. The lowest BCUT2D eigenvalue weighted by Gasteiger charge is -2.30. The Hall–Kier alpha value is -1.51. The standard InChI is InChI=1S/C18H25NO2/c1-18(2,17(20)21)15-9-5-8-14-10-11-19(16(14)15)12-13-6-3-4-7-13/h5,8-9,13H,3-4,6-7,10-12H2,1-2H3,(H,20,21). The first-order valence-corrected chi connectivity index (χ1v) is 8.11. The fraction of sp³-hybridized carbons (Fsp3) is 0.611. The summed E-state index contributed by atoms with van der Waals surface area (Å²) in [5.74, 6) is 0.0422. The van der Waals surface area contributed by atoms with E-state index in [1.807, 2.05) is 26.0 Å². The van der Waals surface area contributed by atoms with Crippen molar-refractivity contribution in [3.63, 3.8) is 0 Å². The average molecular weight is 287 g/mol. The SMILES string of the molecule is CC(C)(C(=O)O)c1cccc2c1N(CC1CCCC1)CC2. The van der Waals surface area contributed by atoms with Crippen LogP contribution in [0.25, 0.3) is 0 Å². The molecule has 3 heteroatoms. The first kappa shape index (κ1) is 14.4. The van der Waals surface area contributed by atoms with Gasteiger partial charge in [0, 0.05) is 18.8 Å². The predicted octanol–water partition coefficient (Wildman–Crippen LogP) is 3.60. The number of hydrogen-bond acceptors (Lipinski definition) is 2. The maximum absolute atomic E-state index is 11.7. The zero-order valence-electron chi connectivity index (χ0n) is 13.1. The molecule has 1 N–H and O–H groups in total. The second-order valence-electron chi connectivity index (χ2n) is 7.09. The van der Waals surface area contributed by atoms with Gasteiger partial charge in [-0.25, -0.2) is 0 Å². The fourth-order valence-electron chi connectivity index (χ4n) is 3.84. The van der Waals surface area contributed by atoms with E-state index in [9.17, 15) is 9.90 Å². The van der Waals surface area contributed by atoms with Crippen molar-refractivity contribution in [2.24, 2.45) is 5.92 Å². The number of carboxylic acid groups (broad SMARTS) is 1. The van der Waals surface area contributed by atoms with Crippen LogP contribution in [0.5, 0.6) is 0 Å². The predicted molar refractivity (Wildman–Crippen MR) is 85.0 cm³/mol. The van der Waals surface area contributed by atoms with Crippen molar-refractivity contribution in [2.75, 3.05) is 18.0 Å². The lowest BCUT2D eigenvalue weighted by Crippen LogP contribution is -2.33. The molecule has 0 atom stereocenters. The Balaban J connectivity index is 1.94. The van der Waals surface area contributed by atoms with E-state index < -0.39 is 11.4 Å². The summed E-state index contributed by atoms with van der Waals surface area (Å²) in [6, 6.07) is 6.17. The maximum Gasteiger partial charge on any atom is 0.313 e. The molecule has 114 valence electrons. The van der Waals surface area contributed by atoms with Gasteiger partial charge in [0.05, 0.1) is 5.41 Å². The third-order valence-corrected chi connectivity index (χ3v) is 5.25. The highest BCUT2D eigenvalue weighted by molar-refractivity contribution is 5.84. The monoisotopic (exact) mass is 287 g/mol. The van der Waals surface area contributed by atoms with Gasteiger partial charge in [-0.2, -0.15) is 0 Å². The lowest BCUT2D eigenvalue weighted by atomic mass is 9.82. The van der Waals surface area contributed by atoms with E-state index in [1.165, 1.54) is 36.9 Å². The second-order valence-corrected chi connectivity index (χ2v) is 7.09. The van der Waals surface area contributed by atoms with E-state index in [1.54, 1.807) is 0 Å². The summed E-state index contributed by atoms with van der Waals surface area (Å²) < 4.78 is 0. The molecule has 1 heterocycles. The number of nitrogens with zero attached hydrogens (tertiary/aromatic N) is 1. The van der Waals surface area contributed by atoms with Crippen molar-refractivity contribution in [2.45, 2.75) is 51.4 Å². The van der Waals surface area contributed by atoms with E-state index >= 15 is 0 Å². The molecule has 1 saturated carbocycles. The summed E-state index contributed by atoms with van der Waals surface area (Å²) in [6.45, 7) is 5.77. The minimum absolute atomic E-state index is 0.747. The number of hydrogen-bond donors (Lipinski definition) is 1. The third-order valence-electron chi connectivity index (χ3n) is 5.25. The maximum atomic E-state index is 11.7. The molecule has 2 aliphatic rings. The van der Waals surface area contributed by atoms with E-state index in [-0.39, 0.29) is 0 Å². The topological polar surface area (TPSA) is 40.5 Å². The molecular formula is C18H25NO2. The van der Waals surface area contributed by atoms with Gasteiger partial charge in [-0.1, -0.05) is 31.0 Å². The van der Waals surface area contributed by atoms with Gasteiger partial charge in [0.25, 0.3) is 0 Å². The number of carbonyl (C=O) groups is 1. The third kappa shape index (κ3) is 2.54. The highest BCUT2D eigenvalue weighted by atomic mass is 16.4.